The van der Waals surface area contributed by atoms with Gasteiger partial charge in [0.25, 0.3) is 0 Å². The monoisotopic (exact) mass is 345 g/mol. The highest BCUT2D eigenvalue weighted by molar-refractivity contribution is 5.74. The summed E-state index contributed by atoms with van der Waals surface area (Å²) in [4.78, 5) is 13.2. The molecule has 0 aliphatic carbocycles. The molecule has 6 heteroatoms. The van der Waals surface area contributed by atoms with E-state index in [4.69, 9.17) is 0 Å². The number of rotatable bonds is 6. The molecule has 4 rings (SSSR count). The molecule has 4 aromatic rings. The summed E-state index contributed by atoms with van der Waals surface area (Å²) >= 11 is 0. The Morgan fingerprint density at radius 1 is 0.962 bits per heavy atom. The lowest BCUT2D eigenvalue weighted by molar-refractivity contribution is 0.475. The first kappa shape index (κ1) is 16.1. The van der Waals surface area contributed by atoms with Crippen LogP contribution in [0.25, 0.3) is 22.3 Å². The van der Waals surface area contributed by atoms with E-state index >= 15 is 0 Å². The highest BCUT2D eigenvalue weighted by Crippen LogP contribution is 2.20. The fourth-order valence-electron chi connectivity index (χ4n) is 2.87. The van der Waals surface area contributed by atoms with E-state index < -0.39 is 0 Å². The van der Waals surface area contributed by atoms with Crippen molar-refractivity contribution >= 4 is 17.0 Å². The first-order valence-electron chi connectivity index (χ1n) is 8.56. The molecule has 0 bridgehead atoms. The Morgan fingerprint density at radius 2 is 1.81 bits per heavy atom. The molecular weight excluding hydrogens is 326 g/mol. The van der Waals surface area contributed by atoms with Crippen molar-refractivity contribution in [2.24, 2.45) is 0 Å². The third-order valence-corrected chi connectivity index (χ3v) is 4.20. The molecule has 0 unspecified atom stereocenters. The molecule has 2 N–H and O–H groups in total. The van der Waals surface area contributed by atoms with Crippen LogP contribution >= 0.6 is 0 Å². The van der Waals surface area contributed by atoms with E-state index in [1.54, 1.807) is 18.3 Å². The SMILES string of the molecule is Oc1ccc(-c2ccnc(NCCCn3cnc4ccccc43)n2)cc1. The Hall–Kier alpha value is -3.41. The molecule has 2 heterocycles. The lowest BCUT2D eigenvalue weighted by Crippen LogP contribution is -2.08. The molecule has 0 fully saturated rings. The van der Waals surface area contributed by atoms with Gasteiger partial charge in [-0.05, 0) is 48.9 Å². The fraction of sp³-hybridized carbons (Fsp3) is 0.150. The third-order valence-electron chi connectivity index (χ3n) is 4.20. The number of phenols is 1. The van der Waals surface area contributed by atoms with Crippen molar-refractivity contribution in [3.63, 3.8) is 0 Å². The molecule has 0 saturated carbocycles. The predicted octanol–water partition coefficient (Wildman–Crippen LogP) is 3.70. The maximum Gasteiger partial charge on any atom is 0.223 e. The third kappa shape index (κ3) is 3.49. The zero-order valence-corrected chi connectivity index (χ0v) is 14.2. The average molecular weight is 345 g/mol. The summed E-state index contributed by atoms with van der Waals surface area (Å²) in [6, 6.07) is 17.0. The van der Waals surface area contributed by atoms with E-state index in [2.05, 4.69) is 30.9 Å². The van der Waals surface area contributed by atoms with Gasteiger partial charge in [0.1, 0.15) is 5.75 Å². The molecule has 0 radical (unpaired) electrons. The van der Waals surface area contributed by atoms with E-state index in [-0.39, 0.29) is 5.75 Å². The van der Waals surface area contributed by atoms with Gasteiger partial charge in [0.2, 0.25) is 5.95 Å². The van der Waals surface area contributed by atoms with Crippen LogP contribution in [-0.4, -0.2) is 31.2 Å². The van der Waals surface area contributed by atoms with Crippen molar-refractivity contribution in [1.29, 1.82) is 0 Å². The molecule has 0 amide bonds. The van der Waals surface area contributed by atoms with E-state index in [1.807, 2.05) is 42.7 Å². The number of phenolic OH excluding ortho intramolecular Hbond substituents is 1. The summed E-state index contributed by atoms with van der Waals surface area (Å²) in [5.74, 6) is 0.847. The fourth-order valence-corrected chi connectivity index (χ4v) is 2.87. The Balaban J connectivity index is 1.36. The van der Waals surface area contributed by atoms with Crippen LogP contribution in [0.4, 0.5) is 5.95 Å². The molecular formula is C20H19N5O. The van der Waals surface area contributed by atoms with Crippen LogP contribution in [0.3, 0.4) is 0 Å². The van der Waals surface area contributed by atoms with Crippen LogP contribution in [-0.2, 0) is 6.54 Å². The van der Waals surface area contributed by atoms with E-state index in [0.29, 0.717) is 5.95 Å². The van der Waals surface area contributed by atoms with Gasteiger partial charge in [-0.2, -0.15) is 0 Å². The zero-order valence-electron chi connectivity index (χ0n) is 14.2. The maximum atomic E-state index is 9.39. The summed E-state index contributed by atoms with van der Waals surface area (Å²) in [6.45, 7) is 1.65. The normalized spacial score (nSPS) is 10.9. The number of aromatic nitrogens is 4. The van der Waals surface area contributed by atoms with Gasteiger partial charge in [-0.3, -0.25) is 0 Å². The minimum atomic E-state index is 0.244. The molecule has 0 aliphatic rings. The molecule has 26 heavy (non-hydrogen) atoms. The van der Waals surface area contributed by atoms with Crippen molar-refractivity contribution in [1.82, 2.24) is 19.5 Å². The van der Waals surface area contributed by atoms with Crippen molar-refractivity contribution in [3.05, 3.63) is 67.1 Å². The Morgan fingerprint density at radius 3 is 2.69 bits per heavy atom. The number of fused-ring (bicyclic) bond motifs is 1. The molecule has 2 aromatic heterocycles. The first-order chi connectivity index (χ1) is 12.8. The second-order valence-electron chi connectivity index (χ2n) is 6.02. The standard InChI is InChI=1S/C20H19N5O/c26-16-8-6-15(7-9-16)17-10-12-22-20(24-17)21-11-3-13-25-14-23-18-4-1-2-5-19(18)25/h1-2,4-10,12,14,26H,3,11,13H2,(H,21,22,24). The average Bonchev–Trinajstić information content (AvgIpc) is 3.09. The van der Waals surface area contributed by atoms with Crippen LogP contribution in [0.5, 0.6) is 5.75 Å². The largest absolute Gasteiger partial charge is 0.508 e. The van der Waals surface area contributed by atoms with Gasteiger partial charge in [0.15, 0.2) is 0 Å². The van der Waals surface area contributed by atoms with Crippen LogP contribution in [0, 0.1) is 0 Å². The van der Waals surface area contributed by atoms with Crippen molar-refractivity contribution in [2.75, 3.05) is 11.9 Å². The maximum absolute atomic E-state index is 9.39. The van der Waals surface area contributed by atoms with Crippen molar-refractivity contribution in [3.8, 4) is 17.0 Å². The van der Waals surface area contributed by atoms with Gasteiger partial charge < -0.3 is 15.0 Å². The number of aryl methyl sites for hydroxylation is 1. The summed E-state index contributed by atoms with van der Waals surface area (Å²) in [5.41, 5.74) is 3.93. The number of nitrogens with one attached hydrogen (secondary N) is 1. The second kappa shape index (κ2) is 7.23. The molecule has 0 spiro atoms. The summed E-state index contributed by atoms with van der Waals surface area (Å²) in [5, 5.41) is 12.7. The van der Waals surface area contributed by atoms with Gasteiger partial charge in [-0.25, -0.2) is 15.0 Å². The molecule has 0 aliphatic heterocycles. The van der Waals surface area contributed by atoms with Crippen molar-refractivity contribution in [2.45, 2.75) is 13.0 Å². The van der Waals surface area contributed by atoms with Gasteiger partial charge in [-0.1, -0.05) is 12.1 Å². The lowest BCUT2D eigenvalue weighted by atomic mass is 10.1. The van der Waals surface area contributed by atoms with Gasteiger partial charge in [-0.15, -0.1) is 0 Å². The lowest BCUT2D eigenvalue weighted by Gasteiger charge is -2.08. The zero-order chi connectivity index (χ0) is 17.8. The molecule has 130 valence electrons. The highest BCUT2D eigenvalue weighted by atomic mass is 16.3. The summed E-state index contributed by atoms with van der Waals surface area (Å²) in [6.07, 6.45) is 4.56. The number of nitrogens with zero attached hydrogens (tertiary/aromatic N) is 4. The molecule has 0 atom stereocenters. The van der Waals surface area contributed by atoms with Crippen LogP contribution in [0.1, 0.15) is 6.42 Å². The van der Waals surface area contributed by atoms with Crippen LogP contribution in [0.15, 0.2) is 67.1 Å². The number of benzene rings is 2. The molecule has 2 aromatic carbocycles. The summed E-state index contributed by atoms with van der Waals surface area (Å²) < 4.78 is 2.16. The highest BCUT2D eigenvalue weighted by Gasteiger charge is 2.03. The summed E-state index contributed by atoms with van der Waals surface area (Å²) in [7, 11) is 0. The number of hydrogen-bond acceptors (Lipinski definition) is 5. The smallest absolute Gasteiger partial charge is 0.223 e. The van der Waals surface area contributed by atoms with Crippen LogP contribution in [0.2, 0.25) is 0 Å². The number of anilines is 1. The minimum absolute atomic E-state index is 0.244. The Labute approximate surface area is 151 Å². The minimum Gasteiger partial charge on any atom is -0.508 e. The number of hydrogen-bond donors (Lipinski definition) is 2. The quantitative estimate of drug-likeness (QED) is 0.521. The van der Waals surface area contributed by atoms with Crippen molar-refractivity contribution < 1.29 is 5.11 Å². The van der Waals surface area contributed by atoms with E-state index in [0.717, 1.165) is 41.8 Å². The number of imidazole rings is 1. The van der Waals surface area contributed by atoms with E-state index in [1.165, 1.54) is 0 Å². The topological polar surface area (TPSA) is 75.9 Å². The van der Waals surface area contributed by atoms with Gasteiger partial charge >= 0.3 is 0 Å². The predicted molar refractivity (Wildman–Crippen MR) is 102 cm³/mol. The van der Waals surface area contributed by atoms with E-state index in [9.17, 15) is 5.11 Å². The second-order valence-corrected chi connectivity index (χ2v) is 6.02. The van der Waals surface area contributed by atoms with Crippen LogP contribution < -0.4 is 5.32 Å². The number of aromatic hydroxyl groups is 1. The first-order valence-corrected chi connectivity index (χ1v) is 8.56. The van der Waals surface area contributed by atoms with Gasteiger partial charge in [0.05, 0.1) is 23.1 Å². The van der Waals surface area contributed by atoms with Gasteiger partial charge in [0, 0.05) is 24.8 Å². The molecule has 0 saturated heterocycles. The Bertz CT molecular complexity index is 1010. The molecule has 6 nitrogen and oxygen atoms in total. The number of para-hydroxylation sites is 2. The Kier molecular flexibility index (Phi) is 4.47.